The molecule has 2 aromatic rings. The van der Waals surface area contributed by atoms with E-state index in [0.29, 0.717) is 25.4 Å². The summed E-state index contributed by atoms with van der Waals surface area (Å²) in [5.74, 6) is 0.817. The molecule has 0 bridgehead atoms. The van der Waals surface area contributed by atoms with Crippen molar-refractivity contribution in [2.45, 2.75) is 13.2 Å². The van der Waals surface area contributed by atoms with Crippen LogP contribution in [0.2, 0.25) is 0 Å². The number of alkyl halides is 2. The number of methoxy groups -OCH3 is 1. The molecule has 0 atom stereocenters. The smallest absolute Gasteiger partial charge is 0.387 e. The van der Waals surface area contributed by atoms with E-state index in [1.54, 1.807) is 24.1 Å². The third-order valence-corrected chi connectivity index (χ3v) is 4.19. The topological polar surface area (TPSA) is 42.0 Å². The third kappa shape index (κ3) is 4.49. The number of carbonyl (C=O) groups is 1. The van der Waals surface area contributed by atoms with Gasteiger partial charge in [0.15, 0.2) is 0 Å². The van der Waals surface area contributed by atoms with Crippen LogP contribution >= 0.6 is 0 Å². The van der Waals surface area contributed by atoms with Crippen LogP contribution in [0.3, 0.4) is 0 Å². The number of amides is 1. The summed E-state index contributed by atoms with van der Waals surface area (Å²) in [4.78, 5) is 16.2. The van der Waals surface area contributed by atoms with Crippen molar-refractivity contribution in [1.29, 1.82) is 0 Å². The maximum Gasteiger partial charge on any atom is 0.387 e. The minimum absolute atomic E-state index is 0.00973. The van der Waals surface area contributed by atoms with E-state index in [2.05, 4.69) is 4.74 Å². The summed E-state index contributed by atoms with van der Waals surface area (Å²) in [5, 5.41) is 0. The summed E-state index contributed by atoms with van der Waals surface area (Å²) >= 11 is 0. The largest absolute Gasteiger partial charge is 0.497 e. The van der Waals surface area contributed by atoms with Crippen molar-refractivity contribution in [3.8, 4) is 11.5 Å². The lowest BCUT2D eigenvalue weighted by atomic mass is 10.1. The number of nitrogens with zero attached hydrogens (tertiary/aromatic N) is 2. The molecule has 0 N–H and O–H groups in total. The highest BCUT2D eigenvalue weighted by Crippen LogP contribution is 2.23. The molecular formula is C19H20F2N2O3. The highest BCUT2D eigenvalue weighted by Gasteiger charge is 2.25. The molecule has 7 heteroatoms. The molecule has 2 aromatic carbocycles. The normalized spacial score (nSPS) is 15.4. The van der Waals surface area contributed by atoms with Crippen molar-refractivity contribution in [1.82, 2.24) is 4.90 Å². The molecule has 5 nitrogen and oxygen atoms in total. The standard InChI is InChI=1S/C19H20F2N2O3/c1-25-16-6-3-5-15(11-16)23-9-8-22(13-18(23)24)12-14-4-2-7-17(10-14)26-19(20)21/h2-7,10-11,19H,8-9,12-13H2,1H3. The molecule has 1 amide bonds. The Morgan fingerprint density at radius 1 is 1.08 bits per heavy atom. The molecule has 0 saturated carbocycles. The molecular weight excluding hydrogens is 342 g/mol. The highest BCUT2D eigenvalue weighted by molar-refractivity contribution is 5.95. The molecule has 1 saturated heterocycles. The molecule has 1 aliphatic rings. The Balaban J connectivity index is 1.63. The number of anilines is 1. The summed E-state index contributed by atoms with van der Waals surface area (Å²) < 4.78 is 34.3. The number of piperazine rings is 1. The molecule has 1 aliphatic heterocycles. The minimum Gasteiger partial charge on any atom is -0.497 e. The zero-order chi connectivity index (χ0) is 18.5. The molecule has 138 valence electrons. The molecule has 0 radical (unpaired) electrons. The first-order valence-electron chi connectivity index (χ1n) is 8.25. The maximum absolute atomic E-state index is 12.5. The number of hydrogen-bond acceptors (Lipinski definition) is 4. The average molecular weight is 362 g/mol. The fraction of sp³-hybridized carbons (Fsp3) is 0.316. The molecule has 26 heavy (non-hydrogen) atoms. The Kier molecular flexibility index (Phi) is 5.68. The first kappa shape index (κ1) is 18.1. The number of carbonyl (C=O) groups excluding carboxylic acids is 1. The van der Waals surface area contributed by atoms with Crippen molar-refractivity contribution >= 4 is 11.6 Å². The van der Waals surface area contributed by atoms with Gasteiger partial charge in [-0.05, 0) is 29.8 Å². The minimum atomic E-state index is -2.85. The molecule has 0 aliphatic carbocycles. The number of halogens is 2. The Morgan fingerprint density at radius 3 is 2.58 bits per heavy atom. The first-order valence-corrected chi connectivity index (χ1v) is 8.25. The van der Waals surface area contributed by atoms with E-state index in [4.69, 9.17) is 4.74 Å². The molecule has 0 unspecified atom stereocenters. The fourth-order valence-electron chi connectivity index (χ4n) is 2.99. The number of hydrogen-bond donors (Lipinski definition) is 0. The predicted octanol–water partition coefficient (Wildman–Crippen LogP) is 3.15. The van der Waals surface area contributed by atoms with Crippen LogP contribution in [-0.2, 0) is 11.3 Å². The zero-order valence-corrected chi connectivity index (χ0v) is 14.4. The van der Waals surface area contributed by atoms with Gasteiger partial charge in [0.25, 0.3) is 0 Å². The molecule has 0 spiro atoms. The van der Waals surface area contributed by atoms with Crippen LogP contribution in [0.1, 0.15) is 5.56 Å². The van der Waals surface area contributed by atoms with Crippen LogP contribution in [0.5, 0.6) is 11.5 Å². The van der Waals surface area contributed by atoms with Gasteiger partial charge in [-0.15, -0.1) is 0 Å². The second kappa shape index (κ2) is 8.14. The van der Waals surface area contributed by atoms with Crippen LogP contribution in [-0.4, -0.2) is 44.2 Å². The van der Waals surface area contributed by atoms with Gasteiger partial charge in [-0.2, -0.15) is 8.78 Å². The van der Waals surface area contributed by atoms with Crippen molar-refractivity contribution in [3.05, 3.63) is 54.1 Å². The van der Waals surface area contributed by atoms with Crippen LogP contribution in [0.15, 0.2) is 48.5 Å². The Bertz CT molecular complexity index is 770. The Labute approximate surface area is 150 Å². The van der Waals surface area contributed by atoms with Gasteiger partial charge in [-0.25, -0.2) is 0 Å². The molecule has 3 rings (SSSR count). The summed E-state index contributed by atoms with van der Waals surface area (Å²) in [5.41, 5.74) is 1.63. The van der Waals surface area contributed by atoms with Gasteiger partial charge >= 0.3 is 6.61 Å². The second-order valence-corrected chi connectivity index (χ2v) is 5.98. The van der Waals surface area contributed by atoms with Crippen LogP contribution in [0.25, 0.3) is 0 Å². The van der Waals surface area contributed by atoms with Crippen LogP contribution in [0, 0.1) is 0 Å². The number of rotatable bonds is 6. The second-order valence-electron chi connectivity index (χ2n) is 5.98. The lowest BCUT2D eigenvalue weighted by molar-refractivity contribution is -0.121. The van der Waals surface area contributed by atoms with E-state index in [1.807, 2.05) is 35.2 Å². The van der Waals surface area contributed by atoms with Gasteiger partial charge in [-0.1, -0.05) is 18.2 Å². The van der Waals surface area contributed by atoms with Gasteiger partial charge < -0.3 is 14.4 Å². The summed E-state index contributed by atoms with van der Waals surface area (Å²) in [6.07, 6.45) is 0. The van der Waals surface area contributed by atoms with E-state index >= 15 is 0 Å². The van der Waals surface area contributed by atoms with Crippen molar-refractivity contribution < 1.29 is 23.0 Å². The third-order valence-electron chi connectivity index (χ3n) is 4.19. The van der Waals surface area contributed by atoms with Gasteiger partial charge in [0.2, 0.25) is 5.91 Å². The van der Waals surface area contributed by atoms with Crippen LogP contribution in [0.4, 0.5) is 14.5 Å². The quantitative estimate of drug-likeness (QED) is 0.792. The Hall–Kier alpha value is -2.67. The summed E-state index contributed by atoms with van der Waals surface area (Å²) in [6, 6.07) is 14.0. The molecule has 1 fully saturated rings. The van der Waals surface area contributed by atoms with Crippen molar-refractivity contribution in [3.63, 3.8) is 0 Å². The van der Waals surface area contributed by atoms with Gasteiger partial charge in [0.1, 0.15) is 11.5 Å². The van der Waals surface area contributed by atoms with Crippen molar-refractivity contribution in [2.75, 3.05) is 31.6 Å². The fourth-order valence-corrected chi connectivity index (χ4v) is 2.99. The number of benzene rings is 2. The maximum atomic E-state index is 12.5. The van der Waals surface area contributed by atoms with E-state index in [9.17, 15) is 13.6 Å². The SMILES string of the molecule is COc1cccc(N2CCN(Cc3cccc(OC(F)F)c3)CC2=O)c1. The van der Waals surface area contributed by atoms with E-state index in [1.165, 1.54) is 6.07 Å². The lowest BCUT2D eigenvalue weighted by Gasteiger charge is -2.34. The summed E-state index contributed by atoms with van der Waals surface area (Å²) in [7, 11) is 1.59. The average Bonchev–Trinajstić information content (AvgIpc) is 2.61. The van der Waals surface area contributed by atoms with E-state index in [-0.39, 0.29) is 18.2 Å². The summed E-state index contributed by atoms with van der Waals surface area (Å²) in [6.45, 7) is -0.851. The zero-order valence-electron chi connectivity index (χ0n) is 14.4. The first-order chi connectivity index (χ1) is 12.5. The van der Waals surface area contributed by atoms with Gasteiger partial charge in [0.05, 0.1) is 13.7 Å². The Morgan fingerprint density at radius 2 is 1.85 bits per heavy atom. The van der Waals surface area contributed by atoms with E-state index in [0.717, 1.165) is 11.3 Å². The lowest BCUT2D eigenvalue weighted by Crippen LogP contribution is -2.50. The van der Waals surface area contributed by atoms with Crippen LogP contribution < -0.4 is 14.4 Å². The highest BCUT2D eigenvalue weighted by atomic mass is 19.3. The predicted molar refractivity (Wildman–Crippen MR) is 93.7 cm³/mol. The van der Waals surface area contributed by atoms with Crippen molar-refractivity contribution in [2.24, 2.45) is 0 Å². The monoisotopic (exact) mass is 362 g/mol. The molecule has 1 heterocycles. The number of ether oxygens (including phenoxy) is 2. The van der Waals surface area contributed by atoms with Gasteiger partial charge in [-0.3, -0.25) is 9.69 Å². The molecule has 0 aromatic heterocycles. The van der Waals surface area contributed by atoms with E-state index < -0.39 is 6.61 Å². The van der Waals surface area contributed by atoms with Gasteiger partial charge in [0, 0.05) is 31.4 Å².